The number of carbonyl (C=O) groups is 3. The molecular formula is C69H129NO8. The smallest absolute Gasteiger partial charge is 0.306 e. The summed E-state index contributed by atoms with van der Waals surface area (Å²) in [6.07, 6.45) is 72.5. The van der Waals surface area contributed by atoms with Crippen LogP contribution in [0.5, 0.6) is 0 Å². The lowest BCUT2D eigenvalue weighted by atomic mass is 10.0. The zero-order valence-corrected chi connectivity index (χ0v) is 52.3. The molecule has 0 spiro atoms. The summed E-state index contributed by atoms with van der Waals surface area (Å²) < 4.78 is 22.7. The summed E-state index contributed by atoms with van der Waals surface area (Å²) in [6.45, 7) is 4.76. The van der Waals surface area contributed by atoms with Gasteiger partial charge in [-0.2, -0.15) is 0 Å². The number of quaternary nitrogens is 1. The molecule has 458 valence electrons. The number of allylic oxidation sites excluding steroid dienone is 6. The highest BCUT2D eigenvalue weighted by Gasteiger charge is 2.22. The molecule has 0 saturated carbocycles. The van der Waals surface area contributed by atoms with E-state index in [4.69, 9.17) is 18.9 Å². The molecule has 0 rings (SSSR count). The van der Waals surface area contributed by atoms with Crippen molar-refractivity contribution in [3.63, 3.8) is 0 Å². The molecule has 0 aromatic heterocycles. The molecule has 0 aliphatic carbocycles. The zero-order valence-electron chi connectivity index (χ0n) is 52.3. The number of unbranched alkanes of at least 4 members (excludes halogenated alkanes) is 42. The largest absolute Gasteiger partial charge is 0.545 e. The number of nitrogens with zero attached hydrogens (tertiary/aromatic N) is 1. The Balaban J connectivity index is 3.92. The first-order chi connectivity index (χ1) is 38.1. The number of ether oxygens (including phenoxy) is 4. The molecule has 0 aromatic carbocycles. The molecular weight excluding hydrogens is 971 g/mol. The molecule has 0 aliphatic rings. The topological polar surface area (TPSA) is 111 Å². The van der Waals surface area contributed by atoms with E-state index in [1.807, 2.05) is 21.1 Å². The SMILES string of the molecule is CCCCCCC/C=C\C/C=C\CCCCCCCCCCCCCCCCCCCCCCCCCCCCCC(=O)OC(COC(=O)CCCCCCC/C=C\CCCCCCC)COC(OCC[N+](C)(C)C)C(=O)[O-]. The van der Waals surface area contributed by atoms with Gasteiger partial charge < -0.3 is 33.3 Å². The van der Waals surface area contributed by atoms with E-state index in [0.717, 1.165) is 64.2 Å². The van der Waals surface area contributed by atoms with Crippen LogP contribution in [0.4, 0.5) is 0 Å². The average Bonchev–Trinajstić information content (AvgIpc) is 3.41. The third-order valence-electron chi connectivity index (χ3n) is 15.1. The van der Waals surface area contributed by atoms with Crippen molar-refractivity contribution in [2.24, 2.45) is 0 Å². The highest BCUT2D eigenvalue weighted by atomic mass is 16.7. The Labute approximate surface area is 483 Å². The molecule has 0 aromatic rings. The van der Waals surface area contributed by atoms with E-state index >= 15 is 0 Å². The van der Waals surface area contributed by atoms with Crippen LogP contribution in [0.1, 0.15) is 328 Å². The van der Waals surface area contributed by atoms with E-state index in [0.29, 0.717) is 11.0 Å². The molecule has 0 fully saturated rings. The molecule has 0 saturated heterocycles. The summed E-state index contributed by atoms with van der Waals surface area (Å²) in [7, 11) is 5.93. The number of carboxylic acid groups (broad SMARTS) is 1. The lowest BCUT2D eigenvalue weighted by Gasteiger charge is -2.26. The van der Waals surface area contributed by atoms with Gasteiger partial charge in [-0.15, -0.1) is 0 Å². The van der Waals surface area contributed by atoms with Crippen LogP contribution in [0.2, 0.25) is 0 Å². The number of hydrogen-bond donors (Lipinski definition) is 0. The van der Waals surface area contributed by atoms with Crippen molar-refractivity contribution in [3.8, 4) is 0 Å². The van der Waals surface area contributed by atoms with Crippen LogP contribution in [-0.4, -0.2) is 82.3 Å². The molecule has 9 nitrogen and oxygen atoms in total. The molecule has 2 unspecified atom stereocenters. The minimum atomic E-state index is -1.62. The second-order valence-electron chi connectivity index (χ2n) is 24.1. The number of likely N-dealkylation sites (N-methyl/N-ethyl adjacent to an activating group) is 1. The van der Waals surface area contributed by atoms with Gasteiger partial charge in [0.1, 0.15) is 13.2 Å². The molecule has 0 bridgehead atoms. The van der Waals surface area contributed by atoms with Crippen molar-refractivity contribution in [1.29, 1.82) is 0 Å². The van der Waals surface area contributed by atoms with Gasteiger partial charge in [-0.05, 0) is 70.6 Å². The van der Waals surface area contributed by atoms with Gasteiger partial charge in [0.2, 0.25) is 0 Å². The Morgan fingerprint density at radius 2 is 0.692 bits per heavy atom. The summed E-state index contributed by atoms with van der Waals surface area (Å²) >= 11 is 0. The second-order valence-corrected chi connectivity index (χ2v) is 24.1. The van der Waals surface area contributed by atoms with Gasteiger partial charge in [-0.25, -0.2) is 0 Å². The highest BCUT2D eigenvalue weighted by molar-refractivity contribution is 5.70. The van der Waals surface area contributed by atoms with Crippen LogP contribution in [0.25, 0.3) is 0 Å². The maximum absolute atomic E-state index is 12.9. The van der Waals surface area contributed by atoms with Crippen LogP contribution in [0, 0.1) is 0 Å². The van der Waals surface area contributed by atoms with Crippen molar-refractivity contribution in [3.05, 3.63) is 36.5 Å². The Kier molecular flexibility index (Phi) is 58.7. The third-order valence-corrected chi connectivity index (χ3v) is 15.1. The van der Waals surface area contributed by atoms with Crippen molar-refractivity contribution in [2.75, 3.05) is 47.5 Å². The Bertz CT molecular complexity index is 1370. The fourth-order valence-electron chi connectivity index (χ4n) is 9.92. The molecule has 0 aliphatic heterocycles. The first kappa shape index (κ1) is 75.5. The fourth-order valence-corrected chi connectivity index (χ4v) is 9.92. The molecule has 0 radical (unpaired) electrons. The van der Waals surface area contributed by atoms with E-state index in [9.17, 15) is 19.5 Å². The van der Waals surface area contributed by atoms with Crippen LogP contribution < -0.4 is 5.11 Å². The minimum Gasteiger partial charge on any atom is -0.545 e. The number of hydrogen-bond acceptors (Lipinski definition) is 8. The van der Waals surface area contributed by atoms with Crippen LogP contribution in [0.3, 0.4) is 0 Å². The van der Waals surface area contributed by atoms with Gasteiger partial charge in [0.25, 0.3) is 0 Å². The standard InChI is InChI=1S/C69H129NO8/c1-6-8-10-12-14-16-18-20-22-23-24-25-26-27-28-29-30-31-32-33-34-35-36-37-38-39-40-41-42-43-44-45-46-48-50-52-54-56-58-60-67(72)78-65(64-77-69(68(73)74)75-62-61-70(3,4)5)63-76-66(71)59-57-55-53-51-49-47-21-19-17-15-13-11-9-7-2/h18-21,23-24,65,69H,6-17,22,25-64H2,1-5H3/b20-18-,21-19-,24-23-. The number of aliphatic carboxylic acids is 1. The zero-order chi connectivity index (χ0) is 56.9. The van der Waals surface area contributed by atoms with E-state index in [1.165, 1.54) is 238 Å². The Morgan fingerprint density at radius 1 is 0.385 bits per heavy atom. The van der Waals surface area contributed by atoms with E-state index in [2.05, 4.69) is 50.3 Å². The lowest BCUT2D eigenvalue weighted by molar-refractivity contribution is -0.870. The van der Waals surface area contributed by atoms with Gasteiger partial charge in [0.05, 0.1) is 40.3 Å². The normalized spacial score (nSPS) is 12.9. The van der Waals surface area contributed by atoms with Crippen LogP contribution in [0.15, 0.2) is 36.5 Å². The second kappa shape index (κ2) is 60.6. The van der Waals surface area contributed by atoms with Crippen molar-refractivity contribution >= 4 is 17.9 Å². The molecule has 0 amide bonds. The molecule has 0 N–H and O–H groups in total. The molecule has 2 atom stereocenters. The van der Waals surface area contributed by atoms with Gasteiger partial charge in [0.15, 0.2) is 12.4 Å². The molecule has 78 heavy (non-hydrogen) atoms. The Morgan fingerprint density at radius 3 is 1.03 bits per heavy atom. The van der Waals surface area contributed by atoms with Gasteiger partial charge in [-0.1, -0.05) is 281 Å². The fraction of sp³-hybridized carbons (Fsp3) is 0.870. The number of carboxylic acids is 1. The first-order valence-electron chi connectivity index (χ1n) is 33.6. The first-order valence-corrected chi connectivity index (χ1v) is 33.6. The lowest BCUT2D eigenvalue weighted by Crippen LogP contribution is -2.44. The summed E-state index contributed by atoms with van der Waals surface area (Å²) in [6, 6.07) is 0. The van der Waals surface area contributed by atoms with Gasteiger partial charge in [0, 0.05) is 12.8 Å². The van der Waals surface area contributed by atoms with E-state index < -0.39 is 24.3 Å². The van der Waals surface area contributed by atoms with Crippen molar-refractivity contribution < 1.29 is 42.9 Å². The van der Waals surface area contributed by atoms with Crippen molar-refractivity contribution in [2.45, 2.75) is 341 Å². The predicted molar refractivity (Wildman–Crippen MR) is 329 cm³/mol. The van der Waals surface area contributed by atoms with Gasteiger partial charge in [-0.3, -0.25) is 9.59 Å². The number of esters is 2. The van der Waals surface area contributed by atoms with E-state index in [-0.39, 0.29) is 38.6 Å². The summed E-state index contributed by atoms with van der Waals surface area (Å²) in [4.78, 5) is 37.3. The van der Waals surface area contributed by atoms with Crippen LogP contribution in [-0.2, 0) is 33.3 Å². The quantitative estimate of drug-likeness (QED) is 0.0195. The molecule has 0 heterocycles. The highest BCUT2D eigenvalue weighted by Crippen LogP contribution is 2.18. The van der Waals surface area contributed by atoms with Crippen LogP contribution >= 0.6 is 0 Å². The summed E-state index contributed by atoms with van der Waals surface area (Å²) in [5, 5.41) is 11.8. The maximum atomic E-state index is 12.9. The third kappa shape index (κ3) is 61.1. The minimum absolute atomic E-state index is 0.149. The predicted octanol–water partition coefficient (Wildman–Crippen LogP) is 19.1. The summed E-state index contributed by atoms with van der Waals surface area (Å²) in [5.74, 6) is -2.27. The van der Waals surface area contributed by atoms with Crippen molar-refractivity contribution in [1.82, 2.24) is 0 Å². The Hall–Kier alpha value is -2.49. The maximum Gasteiger partial charge on any atom is 0.306 e. The number of carbonyl (C=O) groups excluding carboxylic acids is 3. The van der Waals surface area contributed by atoms with Gasteiger partial charge >= 0.3 is 11.9 Å². The number of rotatable bonds is 63. The van der Waals surface area contributed by atoms with E-state index in [1.54, 1.807) is 0 Å². The molecule has 9 heteroatoms. The monoisotopic (exact) mass is 1100 g/mol. The summed E-state index contributed by atoms with van der Waals surface area (Å²) in [5.41, 5.74) is 0. The average molecular weight is 1100 g/mol.